The van der Waals surface area contributed by atoms with Crippen LogP contribution in [-0.2, 0) is 17.8 Å². The van der Waals surface area contributed by atoms with Crippen LogP contribution in [-0.4, -0.2) is 54.9 Å². The first kappa shape index (κ1) is 22.1. The number of anilines is 1. The number of carbonyl (C=O) groups is 1. The van der Waals surface area contributed by atoms with E-state index >= 15 is 0 Å². The van der Waals surface area contributed by atoms with Crippen molar-refractivity contribution in [1.29, 1.82) is 0 Å². The Morgan fingerprint density at radius 1 is 1.00 bits per heavy atom. The summed E-state index contributed by atoms with van der Waals surface area (Å²) in [4.78, 5) is 32.0. The predicted octanol–water partition coefficient (Wildman–Crippen LogP) is 3.30. The number of amides is 1. The van der Waals surface area contributed by atoms with Crippen molar-refractivity contribution in [3.8, 4) is 0 Å². The molecular formula is C25H26FN7O. The molecule has 1 aliphatic rings. The number of aromatic nitrogens is 5. The van der Waals surface area contributed by atoms with Gasteiger partial charge in [0.25, 0.3) is 0 Å². The van der Waals surface area contributed by atoms with Crippen molar-refractivity contribution in [2.24, 2.45) is 5.92 Å². The quantitative estimate of drug-likeness (QED) is 0.456. The van der Waals surface area contributed by atoms with Gasteiger partial charge in [-0.1, -0.05) is 12.1 Å². The summed E-state index contributed by atoms with van der Waals surface area (Å²) >= 11 is 0. The van der Waals surface area contributed by atoms with Gasteiger partial charge < -0.3 is 4.57 Å². The second-order valence-electron chi connectivity index (χ2n) is 8.63. The standard InChI is InChI=1S/C25H26FN7O/c26-20-6-4-19(5-7-20)16-33-22(30-21-3-1-10-27-24(21)33)15-18-8-13-32(14-9-18)17-23(34)31-25-28-11-2-12-29-25/h1-7,10-12,18H,8-9,13-17H2,(H,28,29,31,34). The highest BCUT2D eigenvalue weighted by Gasteiger charge is 2.24. The molecule has 0 bridgehead atoms. The molecule has 1 aliphatic heterocycles. The van der Waals surface area contributed by atoms with E-state index in [1.165, 1.54) is 12.1 Å². The highest BCUT2D eigenvalue weighted by molar-refractivity contribution is 5.90. The summed E-state index contributed by atoms with van der Waals surface area (Å²) in [5.74, 6) is 1.46. The van der Waals surface area contributed by atoms with Crippen LogP contribution in [0.25, 0.3) is 11.2 Å². The number of nitrogens with one attached hydrogen (secondary N) is 1. The molecule has 0 atom stereocenters. The number of nitrogens with zero attached hydrogens (tertiary/aromatic N) is 6. The summed E-state index contributed by atoms with van der Waals surface area (Å²) in [6, 6.07) is 12.2. The summed E-state index contributed by atoms with van der Waals surface area (Å²) < 4.78 is 15.5. The van der Waals surface area contributed by atoms with E-state index in [-0.39, 0.29) is 11.7 Å². The fourth-order valence-electron chi connectivity index (χ4n) is 4.44. The first-order chi connectivity index (χ1) is 16.6. The molecule has 9 heteroatoms. The first-order valence-electron chi connectivity index (χ1n) is 11.5. The van der Waals surface area contributed by atoms with Crippen molar-refractivity contribution < 1.29 is 9.18 Å². The predicted molar refractivity (Wildman–Crippen MR) is 127 cm³/mol. The second kappa shape index (κ2) is 10.0. The maximum Gasteiger partial charge on any atom is 0.240 e. The number of benzene rings is 1. The lowest BCUT2D eigenvalue weighted by atomic mass is 9.93. The molecule has 1 N–H and O–H groups in total. The van der Waals surface area contributed by atoms with Crippen molar-refractivity contribution >= 4 is 23.0 Å². The number of hydrogen-bond donors (Lipinski definition) is 1. The Bertz CT molecular complexity index is 1250. The minimum absolute atomic E-state index is 0.100. The minimum Gasteiger partial charge on any atom is -0.308 e. The van der Waals surface area contributed by atoms with Crippen LogP contribution in [0.1, 0.15) is 24.2 Å². The Morgan fingerprint density at radius 3 is 2.50 bits per heavy atom. The molecule has 1 aromatic carbocycles. The highest BCUT2D eigenvalue weighted by atomic mass is 19.1. The summed E-state index contributed by atoms with van der Waals surface area (Å²) in [6.07, 6.45) is 7.80. The molecule has 34 heavy (non-hydrogen) atoms. The topological polar surface area (TPSA) is 88.8 Å². The van der Waals surface area contributed by atoms with Gasteiger partial charge in [-0.2, -0.15) is 0 Å². The number of fused-ring (bicyclic) bond motifs is 1. The summed E-state index contributed by atoms with van der Waals surface area (Å²) in [5, 5.41) is 2.74. The van der Waals surface area contributed by atoms with Gasteiger partial charge in [0, 0.05) is 25.0 Å². The molecule has 0 radical (unpaired) electrons. The fraction of sp³-hybridized carbons (Fsp3) is 0.320. The summed E-state index contributed by atoms with van der Waals surface area (Å²) in [5.41, 5.74) is 2.73. The van der Waals surface area contributed by atoms with E-state index in [0.29, 0.717) is 25.0 Å². The fourth-order valence-corrected chi connectivity index (χ4v) is 4.44. The molecule has 4 aromatic rings. The molecule has 0 saturated carbocycles. The minimum atomic E-state index is -0.241. The molecule has 1 saturated heterocycles. The van der Waals surface area contributed by atoms with E-state index in [1.807, 2.05) is 12.1 Å². The lowest BCUT2D eigenvalue weighted by molar-refractivity contribution is -0.117. The summed E-state index contributed by atoms with van der Waals surface area (Å²) in [7, 11) is 0. The largest absolute Gasteiger partial charge is 0.308 e. The zero-order chi connectivity index (χ0) is 23.3. The molecule has 4 heterocycles. The number of piperidine rings is 1. The molecule has 174 valence electrons. The van der Waals surface area contributed by atoms with E-state index in [9.17, 15) is 9.18 Å². The Kier molecular flexibility index (Phi) is 6.53. The zero-order valence-electron chi connectivity index (χ0n) is 18.8. The van der Waals surface area contributed by atoms with Crippen LogP contribution in [0, 0.1) is 11.7 Å². The Morgan fingerprint density at radius 2 is 1.74 bits per heavy atom. The van der Waals surface area contributed by atoms with Crippen molar-refractivity contribution in [1.82, 2.24) is 29.4 Å². The molecule has 1 fully saturated rings. The Balaban J connectivity index is 1.22. The van der Waals surface area contributed by atoms with Gasteiger partial charge in [0.05, 0.1) is 13.1 Å². The van der Waals surface area contributed by atoms with Crippen LogP contribution in [0.2, 0.25) is 0 Å². The van der Waals surface area contributed by atoms with Crippen molar-refractivity contribution in [2.75, 3.05) is 25.0 Å². The third kappa shape index (κ3) is 5.26. The Hall–Kier alpha value is -3.72. The smallest absolute Gasteiger partial charge is 0.240 e. The maximum atomic E-state index is 13.4. The molecule has 5 rings (SSSR count). The molecule has 0 unspecified atom stereocenters. The van der Waals surface area contributed by atoms with E-state index < -0.39 is 0 Å². The molecule has 8 nitrogen and oxygen atoms in total. The lowest BCUT2D eigenvalue weighted by Gasteiger charge is -2.31. The van der Waals surface area contributed by atoms with Gasteiger partial charge >= 0.3 is 0 Å². The van der Waals surface area contributed by atoms with Crippen LogP contribution in [0.5, 0.6) is 0 Å². The number of rotatable bonds is 7. The number of carbonyl (C=O) groups excluding carboxylic acids is 1. The maximum absolute atomic E-state index is 13.4. The van der Waals surface area contributed by atoms with Crippen LogP contribution in [0.3, 0.4) is 0 Å². The van der Waals surface area contributed by atoms with Crippen LogP contribution >= 0.6 is 0 Å². The number of imidazole rings is 1. The monoisotopic (exact) mass is 459 g/mol. The van der Waals surface area contributed by atoms with Crippen LogP contribution in [0.4, 0.5) is 10.3 Å². The van der Waals surface area contributed by atoms with Gasteiger partial charge in [-0.05, 0) is 67.7 Å². The average Bonchev–Trinajstić information content (AvgIpc) is 3.19. The Labute approximate surface area is 196 Å². The lowest BCUT2D eigenvalue weighted by Crippen LogP contribution is -2.39. The average molecular weight is 460 g/mol. The first-order valence-corrected chi connectivity index (χ1v) is 11.5. The molecule has 1 amide bonds. The van der Waals surface area contributed by atoms with E-state index in [0.717, 1.165) is 54.9 Å². The van der Waals surface area contributed by atoms with Gasteiger partial charge in [0.1, 0.15) is 17.2 Å². The summed E-state index contributed by atoms with van der Waals surface area (Å²) in [6.45, 7) is 2.63. The van der Waals surface area contributed by atoms with Crippen LogP contribution < -0.4 is 5.32 Å². The third-order valence-electron chi connectivity index (χ3n) is 6.20. The van der Waals surface area contributed by atoms with Crippen molar-refractivity contribution in [3.05, 3.63) is 78.3 Å². The van der Waals surface area contributed by atoms with Crippen molar-refractivity contribution in [2.45, 2.75) is 25.8 Å². The van der Waals surface area contributed by atoms with E-state index in [4.69, 9.17) is 4.98 Å². The van der Waals surface area contributed by atoms with Gasteiger partial charge in [-0.3, -0.25) is 15.0 Å². The SMILES string of the molecule is O=C(CN1CCC(Cc2nc3cccnc3n2Cc2ccc(F)cc2)CC1)Nc1ncccn1. The van der Waals surface area contributed by atoms with Gasteiger partial charge in [0.2, 0.25) is 11.9 Å². The molecule has 3 aromatic heterocycles. The molecule has 0 spiro atoms. The zero-order valence-corrected chi connectivity index (χ0v) is 18.8. The van der Waals surface area contributed by atoms with Gasteiger partial charge in [-0.25, -0.2) is 24.3 Å². The number of likely N-dealkylation sites (tertiary alicyclic amines) is 1. The number of hydrogen-bond acceptors (Lipinski definition) is 6. The van der Waals surface area contributed by atoms with Gasteiger partial charge in [-0.15, -0.1) is 0 Å². The molecule has 0 aliphatic carbocycles. The third-order valence-corrected chi connectivity index (χ3v) is 6.20. The number of halogens is 1. The normalized spacial score (nSPS) is 15.0. The second-order valence-corrected chi connectivity index (χ2v) is 8.63. The van der Waals surface area contributed by atoms with Crippen LogP contribution in [0.15, 0.2) is 61.1 Å². The highest BCUT2D eigenvalue weighted by Crippen LogP contribution is 2.24. The molecular weight excluding hydrogens is 433 g/mol. The van der Waals surface area contributed by atoms with Crippen molar-refractivity contribution in [3.63, 3.8) is 0 Å². The van der Waals surface area contributed by atoms with E-state index in [2.05, 4.69) is 29.7 Å². The number of pyridine rings is 1. The van der Waals surface area contributed by atoms with E-state index in [1.54, 1.807) is 36.8 Å². The van der Waals surface area contributed by atoms with Gasteiger partial charge in [0.15, 0.2) is 5.65 Å².